The van der Waals surface area contributed by atoms with E-state index in [2.05, 4.69) is 0 Å². The van der Waals surface area contributed by atoms with Gasteiger partial charge in [-0.1, -0.05) is 49.4 Å². The molecule has 0 aliphatic heterocycles. The van der Waals surface area contributed by atoms with Gasteiger partial charge in [-0.15, -0.1) is 0 Å². The fraction of sp³-hybridized carbons (Fsp3) is 0.294. The van der Waals surface area contributed by atoms with Crippen LogP contribution in [0.4, 0.5) is 4.39 Å². The second kappa shape index (κ2) is 7.51. The second-order valence-corrected chi connectivity index (χ2v) is 7.17. The SMILES string of the molecule is CCCN(Cc1ccccc1)S(=O)(=O)Cc1cccc(F)c1. The summed E-state index contributed by atoms with van der Waals surface area (Å²) in [4.78, 5) is 0. The monoisotopic (exact) mass is 321 g/mol. The molecular formula is C17H20FNO2S. The van der Waals surface area contributed by atoms with Gasteiger partial charge in [-0.25, -0.2) is 12.8 Å². The van der Waals surface area contributed by atoms with Crippen LogP contribution in [0.25, 0.3) is 0 Å². The Bertz CT molecular complexity index is 702. The van der Waals surface area contributed by atoms with Crippen LogP contribution < -0.4 is 0 Å². The van der Waals surface area contributed by atoms with Gasteiger partial charge in [0.2, 0.25) is 10.0 Å². The van der Waals surface area contributed by atoms with E-state index in [-0.39, 0.29) is 5.75 Å². The van der Waals surface area contributed by atoms with Crippen molar-refractivity contribution in [2.45, 2.75) is 25.6 Å². The Hall–Kier alpha value is -1.72. The summed E-state index contributed by atoms with van der Waals surface area (Å²) in [5.74, 6) is -0.602. The molecule has 3 nitrogen and oxygen atoms in total. The lowest BCUT2D eigenvalue weighted by atomic mass is 10.2. The smallest absolute Gasteiger partial charge is 0.212 e. The van der Waals surface area contributed by atoms with E-state index in [0.717, 1.165) is 12.0 Å². The quantitative estimate of drug-likeness (QED) is 0.782. The zero-order chi connectivity index (χ0) is 16.0. The van der Waals surface area contributed by atoms with Crippen LogP contribution in [0, 0.1) is 5.82 Å². The van der Waals surface area contributed by atoms with Crippen molar-refractivity contribution in [3.05, 3.63) is 71.5 Å². The number of hydrogen-bond donors (Lipinski definition) is 0. The van der Waals surface area contributed by atoms with Gasteiger partial charge in [0, 0.05) is 13.1 Å². The molecule has 118 valence electrons. The largest absolute Gasteiger partial charge is 0.218 e. The Morgan fingerprint density at radius 1 is 1.00 bits per heavy atom. The third-order valence-electron chi connectivity index (χ3n) is 3.31. The predicted molar refractivity (Wildman–Crippen MR) is 86.2 cm³/mol. The summed E-state index contributed by atoms with van der Waals surface area (Å²) in [6, 6.07) is 15.2. The molecule has 0 spiro atoms. The van der Waals surface area contributed by atoms with Crippen LogP contribution in [0.2, 0.25) is 0 Å². The highest BCUT2D eigenvalue weighted by molar-refractivity contribution is 7.88. The van der Waals surface area contributed by atoms with Crippen molar-refractivity contribution < 1.29 is 12.8 Å². The number of rotatable bonds is 7. The molecule has 0 fully saturated rings. The average Bonchev–Trinajstić information content (AvgIpc) is 2.47. The fourth-order valence-electron chi connectivity index (χ4n) is 2.28. The summed E-state index contributed by atoms with van der Waals surface area (Å²) in [5.41, 5.74) is 1.41. The lowest BCUT2D eigenvalue weighted by molar-refractivity contribution is 0.405. The molecular weight excluding hydrogens is 301 g/mol. The van der Waals surface area contributed by atoms with Gasteiger partial charge in [-0.2, -0.15) is 4.31 Å². The van der Waals surface area contributed by atoms with Crippen LogP contribution in [0.15, 0.2) is 54.6 Å². The average molecular weight is 321 g/mol. The van der Waals surface area contributed by atoms with Gasteiger partial charge < -0.3 is 0 Å². The summed E-state index contributed by atoms with van der Waals surface area (Å²) in [6.45, 7) is 2.73. The van der Waals surface area contributed by atoms with Gasteiger partial charge in [-0.3, -0.25) is 0 Å². The molecule has 0 atom stereocenters. The normalized spacial score (nSPS) is 11.8. The molecule has 22 heavy (non-hydrogen) atoms. The van der Waals surface area contributed by atoms with Crippen LogP contribution in [-0.4, -0.2) is 19.3 Å². The predicted octanol–water partition coefficient (Wildman–Crippen LogP) is 3.57. The molecule has 0 saturated carbocycles. The maximum atomic E-state index is 13.2. The third kappa shape index (κ3) is 4.64. The topological polar surface area (TPSA) is 37.4 Å². The zero-order valence-electron chi connectivity index (χ0n) is 12.6. The first kappa shape index (κ1) is 16.6. The summed E-state index contributed by atoms with van der Waals surface area (Å²) in [5, 5.41) is 0. The van der Waals surface area contributed by atoms with Crippen LogP contribution in [0.3, 0.4) is 0 Å². The summed E-state index contributed by atoms with van der Waals surface area (Å²) >= 11 is 0. The highest BCUT2D eigenvalue weighted by atomic mass is 32.2. The molecule has 0 aromatic heterocycles. The Kier molecular flexibility index (Phi) is 5.69. The zero-order valence-corrected chi connectivity index (χ0v) is 13.4. The Morgan fingerprint density at radius 3 is 2.32 bits per heavy atom. The Morgan fingerprint density at radius 2 is 1.68 bits per heavy atom. The first-order valence-electron chi connectivity index (χ1n) is 7.27. The lowest BCUT2D eigenvalue weighted by Crippen LogP contribution is -2.32. The number of halogens is 1. The molecule has 2 aromatic carbocycles. The van der Waals surface area contributed by atoms with E-state index < -0.39 is 15.8 Å². The van der Waals surface area contributed by atoms with Crippen molar-refractivity contribution in [3.63, 3.8) is 0 Å². The van der Waals surface area contributed by atoms with Gasteiger partial charge >= 0.3 is 0 Å². The van der Waals surface area contributed by atoms with E-state index in [9.17, 15) is 12.8 Å². The van der Waals surface area contributed by atoms with Crippen LogP contribution in [0.1, 0.15) is 24.5 Å². The molecule has 0 bridgehead atoms. The lowest BCUT2D eigenvalue weighted by Gasteiger charge is -2.22. The van der Waals surface area contributed by atoms with Crippen molar-refractivity contribution in [3.8, 4) is 0 Å². The summed E-state index contributed by atoms with van der Waals surface area (Å²) in [7, 11) is -3.49. The highest BCUT2D eigenvalue weighted by Gasteiger charge is 2.22. The van der Waals surface area contributed by atoms with Crippen molar-refractivity contribution in [1.29, 1.82) is 0 Å². The molecule has 0 N–H and O–H groups in total. The molecule has 2 aromatic rings. The van der Waals surface area contributed by atoms with Gasteiger partial charge in [-0.05, 0) is 29.7 Å². The van der Waals surface area contributed by atoms with Gasteiger partial charge in [0.25, 0.3) is 0 Å². The van der Waals surface area contributed by atoms with Crippen LogP contribution >= 0.6 is 0 Å². The van der Waals surface area contributed by atoms with Crippen LogP contribution in [0.5, 0.6) is 0 Å². The van der Waals surface area contributed by atoms with E-state index in [1.807, 2.05) is 37.3 Å². The fourth-order valence-corrected chi connectivity index (χ4v) is 3.87. The second-order valence-electron chi connectivity index (χ2n) is 5.21. The van der Waals surface area contributed by atoms with E-state index in [4.69, 9.17) is 0 Å². The molecule has 0 aliphatic carbocycles. The van der Waals surface area contributed by atoms with E-state index >= 15 is 0 Å². The first-order valence-corrected chi connectivity index (χ1v) is 8.88. The van der Waals surface area contributed by atoms with Crippen molar-refractivity contribution in [2.24, 2.45) is 0 Å². The third-order valence-corrected chi connectivity index (χ3v) is 5.10. The molecule has 0 saturated heterocycles. The standard InChI is InChI=1S/C17H20FNO2S/c1-2-11-19(13-15-7-4-3-5-8-15)22(20,21)14-16-9-6-10-17(18)12-16/h3-10,12H,2,11,13-14H2,1H3. The minimum atomic E-state index is -3.49. The minimum Gasteiger partial charge on any atom is -0.212 e. The van der Waals surface area contributed by atoms with Gasteiger partial charge in [0.1, 0.15) is 5.82 Å². The molecule has 0 unspecified atom stereocenters. The Balaban J connectivity index is 2.18. The molecule has 5 heteroatoms. The van der Waals surface area contributed by atoms with Crippen molar-refractivity contribution in [2.75, 3.05) is 6.54 Å². The molecule has 0 aliphatic rings. The van der Waals surface area contributed by atoms with Crippen molar-refractivity contribution in [1.82, 2.24) is 4.31 Å². The number of benzene rings is 2. The molecule has 0 amide bonds. The first-order chi connectivity index (χ1) is 10.5. The maximum absolute atomic E-state index is 13.2. The summed E-state index contributed by atoms with van der Waals surface area (Å²) in [6.07, 6.45) is 0.731. The van der Waals surface area contributed by atoms with Crippen LogP contribution in [-0.2, 0) is 22.3 Å². The Labute approximate surface area is 131 Å². The van der Waals surface area contributed by atoms with Gasteiger partial charge in [0.05, 0.1) is 5.75 Å². The number of hydrogen-bond acceptors (Lipinski definition) is 2. The van der Waals surface area contributed by atoms with Crippen molar-refractivity contribution >= 4 is 10.0 Å². The molecule has 0 heterocycles. The maximum Gasteiger partial charge on any atom is 0.218 e. The minimum absolute atomic E-state index is 0.183. The van der Waals surface area contributed by atoms with Gasteiger partial charge in [0.15, 0.2) is 0 Å². The number of sulfonamides is 1. The van der Waals surface area contributed by atoms with E-state index in [1.54, 1.807) is 6.07 Å². The number of nitrogens with zero attached hydrogens (tertiary/aromatic N) is 1. The van der Waals surface area contributed by atoms with E-state index in [0.29, 0.717) is 18.7 Å². The highest BCUT2D eigenvalue weighted by Crippen LogP contribution is 2.16. The molecule has 2 rings (SSSR count). The van der Waals surface area contributed by atoms with E-state index in [1.165, 1.54) is 22.5 Å². The summed E-state index contributed by atoms with van der Waals surface area (Å²) < 4.78 is 39.9. The molecule has 0 radical (unpaired) electrons.